The molecule has 3 nitrogen and oxygen atoms in total. The summed E-state index contributed by atoms with van der Waals surface area (Å²) in [6, 6.07) is 3.13. The van der Waals surface area contributed by atoms with E-state index in [4.69, 9.17) is 0 Å². The van der Waals surface area contributed by atoms with E-state index >= 15 is 0 Å². The van der Waals surface area contributed by atoms with E-state index in [1.54, 1.807) is 24.0 Å². The van der Waals surface area contributed by atoms with Crippen LogP contribution in [0, 0.1) is 11.6 Å². The molecule has 1 aromatic carbocycles. The number of aromatic nitrogens is 2. The van der Waals surface area contributed by atoms with Crippen molar-refractivity contribution in [1.29, 1.82) is 0 Å². The largest absolute Gasteiger partial charge is 0.388 e. The minimum absolute atomic E-state index is 0.0781. The Morgan fingerprint density at radius 3 is 2.76 bits per heavy atom. The molecule has 0 aliphatic rings. The van der Waals surface area contributed by atoms with E-state index < -0.39 is 17.7 Å². The first kappa shape index (κ1) is 11.7. The zero-order chi connectivity index (χ0) is 12.4. The number of aliphatic hydroxyl groups excluding tert-OH is 1. The lowest BCUT2D eigenvalue weighted by Crippen LogP contribution is -2.08. The molecule has 5 heteroatoms. The molecular formula is C12H12F2N2O. The van der Waals surface area contributed by atoms with Gasteiger partial charge in [0.1, 0.15) is 17.5 Å². The van der Waals surface area contributed by atoms with Crippen LogP contribution in [0.1, 0.15) is 17.5 Å². The molecule has 90 valence electrons. The summed E-state index contributed by atoms with van der Waals surface area (Å²) in [5, 5.41) is 9.87. The minimum atomic E-state index is -1.03. The van der Waals surface area contributed by atoms with Gasteiger partial charge < -0.3 is 9.67 Å². The van der Waals surface area contributed by atoms with Gasteiger partial charge in [0.15, 0.2) is 0 Å². The van der Waals surface area contributed by atoms with Gasteiger partial charge in [0.25, 0.3) is 0 Å². The fourth-order valence-corrected chi connectivity index (χ4v) is 1.65. The molecule has 0 radical (unpaired) electrons. The number of benzene rings is 1. The van der Waals surface area contributed by atoms with Crippen molar-refractivity contribution in [2.24, 2.45) is 7.05 Å². The summed E-state index contributed by atoms with van der Waals surface area (Å²) in [7, 11) is 1.79. The maximum absolute atomic E-state index is 13.4. The van der Waals surface area contributed by atoms with Gasteiger partial charge >= 0.3 is 0 Å². The minimum Gasteiger partial charge on any atom is -0.388 e. The van der Waals surface area contributed by atoms with Gasteiger partial charge in [0, 0.05) is 37.5 Å². The number of rotatable bonds is 3. The molecule has 1 heterocycles. The molecule has 0 saturated carbocycles. The third-order valence-corrected chi connectivity index (χ3v) is 2.62. The molecule has 0 saturated heterocycles. The highest BCUT2D eigenvalue weighted by molar-refractivity contribution is 5.21. The standard InChI is InChI=1S/C12H12F2N2O/c1-16-5-4-15-12(16)7-11(17)9-3-2-8(13)6-10(9)14/h2-6,11,17H,7H2,1H3. The van der Waals surface area contributed by atoms with E-state index in [-0.39, 0.29) is 12.0 Å². The van der Waals surface area contributed by atoms with Crippen LogP contribution in [0.3, 0.4) is 0 Å². The van der Waals surface area contributed by atoms with E-state index in [2.05, 4.69) is 4.98 Å². The van der Waals surface area contributed by atoms with E-state index in [9.17, 15) is 13.9 Å². The zero-order valence-corrected chi connectivity index (χ0v) is 9.27. The summed E-state index contributed by atoms with van der Waals surface area (Å²) in [6.07, 6.45) is 2.50. The van der Waals surface area contributed by atoms with Gasteiger partial charge in [-0.15, -0.1) is 0 Å². The maximum Gasteiger partial charge on any atom is 0.131 e. The van der Waals surface area contributed by atoms with Crippen LogP contribution in [0.5, 0.6) is 0 Å². The highest BCUT2D eigenvalue weighted by Crippen LogP contribution is 2.21. The summed E-state index contributed by atoms with van der Waals surface area (Å²) in [5.41, 5.74) is 0.0781. The molecule has 0 bridgehead atoms. The Morgan fingerprint density at radius 2 is 2.18 bits per heavy atom. The van der Waals surface area contributed by atoms with Gasteiger partial charge in [-0.05, 0) is 6.07 Å². The van der Waals surface area contributed by atoms with Crippen LogP contribution >= 0.6 is 0 Å². The number of halogens is 2. The zero-order valence-electron chi connectivity index (χ0n) is 9.27. The average molecular weight is 238 g/mol. The number of nitrogens with zero attached hydrogens (tertiary/aromatic N) is 2. The second-order valence-electron chi connectivity index (χ2n) is 3.84. The molecule has 0 fully saturated rings. The lowest BCUT2D eigenvalue weighted by molar-refractivity contribution is 0.170. The molecule has 1 aromatic heterocycles. The van der Waals surface area contributed by atoms with Crippen LogP contribution in [-0.4, -0.2) is 14.7 Å². The molecule has 2 aromatic rings. The van der Waals surface area contributed by atoms with Crippen molar-refractivity contribution in [1.82, 2.24) is 9.55 Å². The molecule has 1 atom stereocenters. The van der Waals surface area contributed by atoms with Gasteiger partial charge in [0.05, 0.1) is 6.10 Å². The monoisotopic (exact) mass is 238 g/mol. The molecule has 0 aliphatic carbocycles. The second-order valence-corrected chi connectivity index (χ2v) is 3.84. The topological polar surface area (TPSA) is 38.0 Å². The smallest absolute Gasteiger partial charge is 0.131 e. The molecule has 2 rings (SSSR count). The van der Waals surface area contributed by atoms with Gasteiger partial charge in [-0.25, -0.2) is 13.8 Å². The first-order valence-electron chi connectivity index (χ1n) is 5.17. The van der Waals surface area contributed by atoms with Crippen molar-refractivity contribution >= 4 is 0 Å². The lowest BCUT2D eigenvalue weighted by Gasteiger charge is -2.11. The maximum atomic E-state index is 13.4. The van der Waals surface area contributed by atoms with Crippen molar-refractivity contribution in [2.75, 3.05) is 0 Å². The van der Waals surface area contributed by atoms with Crippen LogP contribution in [0.25, 0.3) is 0 Å². The number of aliphatic hydroxyl groups is 1. The Balaban J connectivity index is 2.20. The van der Waals surface area contributed by atoms with Crippen LogP contribution in [0.2, 0.25) is 0 Å². The van der Waals surface area contributed by atoms with Crippen LogP contribution in [0.4, 0.5) is 8.78 Å². The fraction of sp³-hybridized carbons (Fsp3) is 0.250. The second kappa shape index (κ2) is 4.63. The van der Waals surface area contributed by atoms with Crippen molar-refractivity contribution in [3.63, 3.8) is 0 Å². The summed E-state index contributed by atoms with van der Waals surface area (Å²) < 4.78 is 27.9. The first-order valence-corrected chi connectivity index (χ1v) is 5.17. The molecule has 1 N–H and O–H groups in total. The Morgan fingerprint density at radius 1 is 1.41 bits per heavy atom. The highest BCUT2D eigenvalue weighted by atomic mass is 19.1. The van der Waals surface area contributed by atoms with Gasteiger partial charge in [-0.2, -0.15) is 0 Å². The van der Waals surface area contributed by atoms with Gasteiger partial charge in [-0.1, -0.05) is 6.07 Å². The predicted octanol–water partition coefficient (Wildman–Crippen LogP) is 1.97. The first-order chi connectivity index (χ1) is 8.08. The Hall–Kier alpha value is -1.75. The Labute approximate surface area is 97.3 Å². The number of imidazole rings is 1. The van der Waals surface area contributed by atoms with Crippen molar-refractivity contribution in [3.8, 4) is 0 Å². The highest BCUT2D eigenvalue weighted by Gasteiger charge is 2.15. The van der Waals surface area contributed by atoms with E-state index in [1.165, 1.54) is 6.07 Å². The summed E-state index contributed by atoms with van der Waals surface area (Å²) in [6.45, 7) is 0. The Bertz CT molecular complexity index is 525. The number of hydrogen-bond acceptors (Lipinski definition) is 2. The van der Waals surface area contributed by atoms with Crippen molar-refractivity contribution in [3.05, 3.63) is 53.6 Å². The van der Waals surface area contributed by atoms with Crippen LogP contribution < -0.4 is 0 Å². The van der Waals surface area contributed by atoms with Gasteiger partial charge in [-0.3, -0.25) is 0 Å². The normalized spacial score (nSPS) is 12.7. The quantitative estimate of drug-likeness (QED) is 0.887. The summed E-state index contributed by atoms with van der Waals surface area (Å²) >= 11 is 0. The molecule has 0 amide bonds. The van der Waals surface area contributed by atoms with Crippen molar-refractivity contribution in [2.45, 2.75) is 12.5 Å². The summed E-state index contributed by atoms with van der Waals surface area (Å²) in [5.74, 6) is -0.761. The van der Waals surface area contributed by atoms with E-state index in [0.717, 1.165) is 12.1 Å². The predicted molar refractivity (Wildman–Crippen MR) is 58.2 cm³/mol. The molecule has 0 spiro atoms. The third kappa shape index (κ3) is 2.50. The average Bonchev–Trinajstić information content (AvgIpc) is 2.64. The number of hydrogen-bond donors (Lipinski definition) is 1. The lowest BCUT2D eigenvalue weighted by atomic mass is 10.1. The SMILES string of the molecule is Cn1ccnc1CC(O)c1ccc(F)cc1F. The van der Waals surface area contributed by atoms with E-state index in [0.29, 0.717) is 5.82 Å². The van der Waals surface area contributed by atoms with Crippen molar-refractivity contribution < 1.29 is 13.9 Å². The molecule has 1 unspecified atom stereocenters. The summed E-state index contributed by atoms with van der Waals surface area (Å²) in [4.78, 5) is 4.03. The molecular weight excluding hydrogens is 226 g/mol. The van der Waals surface area contributed by atoms with E-state index in [1.807, 2.05) is 0 Å². The molecule has 0 aliphatic heterocycles. The third-order valence-electron chi connectivity index (χ3n) is 2.62. The fourth-order valence-electron chi connectivity index (χ4n) is 1.65. The molecule has 17 heavy (non-hydrogen) atoms. The number of aryl methyl sites for hydroxylation is 1. The van der Waals surface area contributed by atoms with Crippen LogP contribution in [0.15, 0.2) is 30.6 Å². The Kier molecular flexibility index (Phi) is 3.19. The van der Waals surface area contributed by atoms with Gasteiger partial charge in [0.2, 0.25) is 0 Å². The van der Waals surface area contributed by atoms with Crippen LogP contribution in [-0.2, 0) is 13.5 Å².